The van der Waals surface area contributed by atoms with Crippen LogP contribution in [0.25, 0.3) is 10.8 Å². The number of esters is 1. The van der Waals surface area contributed by atoms with Gasteiger partial charge in [0.2, 0.25) is 0 Å². The zero-order chi connectivity index (χ0) is 23.0. The van der Waals surface area contributed by atoms with E-state index < -0.39 is 11.9 Å². The average Bonchev–Trinajstić information content (AvgIpc) is 2.85. The molecule has 0 radical (unpaired) electrons. The molecule has 6 nitrogen and oxygen atoms in total. The molecule has 0 aromatic heterocycles. The number of nitrogens with zero attached hydrogens (tertiary/aromatic N) is 1. The second-order valence-electron chi connectivity index (χ2n) is 7.35. The van der Waals surface area contributed by atoms with E-state index in [9.17, 15) is 9.59 Å². The predicted octanol–water partition coefficient (Wildman–Crippen LogP) is 4.90. The van der Waals surface area contributed by atoms with Crippen molar-refractivity contribution in [3.63, 3.8) is 0 Å². The lowest BCUT2D eigenvalue weighted by Crippen LogP contribution is -2.24. The summed E-state index contributed by atoms with van der Waals surface area (Å²) in [4.78, 5) is 24.8. The largest absolute Gasteiger partial charge is 0.484 e. The molecule has 0 aliphatic heterocycles. The number of hydrogen-bond donors (Lipinski definition) is 1. The third kappa shape index (κ3) is 5.62. The molecule has 0 saturated heterocycles. The first kappa shape index (κ1) is 21.8. The highest BCUT2D eigenvalue weighted by molar-refractivity contribution is 6.04. The molecule has 4 aromatic carbocycles. The van der Waals surface area contributed by atoms with Crippen molar-refractivity contribution in [1.82, 2.24) is 5.43 Å². The zero-order valence-electron chi connectivity index (χ0n) is 18.0. The molecule has 1 amide bonds. The summed E-state index contributed by atoms with van der Waals surface area (Å²) in [5.41, 5.74) is 4.53. The summed E-state index contributed by atoms with van der Waals surface area (Å²) in [6.07, 6.45) is 1.47. The van der Waals surface area contributed by atoms with Crippen LogP contribution in [0.1, 0.15) is 21.5 Å². The smallest absolute Gasteiger partial charge is 0.343 e. The van der Waals surface area contributed by atoms with Crippen molar-refractivity contribution in [3.05, 3.63) is 108 Å². The molecule has 0 aliphatic carbocycles. The van der Waals surface area contributed by atoms with Gasteiger partial charge in [-0.1, -0.05) is 66.2 Å². The van der Waals surface area contributed by atoms with Crippen LogP contribution in [0, 0.1) is 6.92 Å². The average molecular weight is 438 g/mol. The van der Waals surface area contributed by atoms with Gasteiger partial charge in [0.25, 0.3) is 5.91 Å². The SMILES string of the molecule is Cc1ccc(C(=O)Oc2ccc3ccccc3c2/C=N/NC(=O)COc2ccccc2)cc1. The molecule has 164 valence electrons. The number of amides is 1. The molecule has 4 aromatic rings. The third-order valence-corrected chi connectivity index (χ3v) is 4.92. The third-order valence-electron chi connectivity index (χ3n) is 4.92. The van der Waals surface area contributed by atoms with Gasteiger partial charge < -0.3 is 9.47 Å². The second-order valence-corrected chi connectivity index (χ2v) is 7.35. The molecule has 0 aliphatic rings. The summed E-state index contributed by atoms with van der Waals surface area (Å²) in [7, 11) is 0. The van der Waals surface area contributed by atoms with Gasteiger partial charge in [0.05, 0.1) is 11.8 Å². The normalized spacial score (nSPS) is 10.8. The van der Waals surface area contributed by atoms with Crippen LogP contribution in [0.2, 0.25) is 0 Å². The highest BCUT2D eigenvalue weighted by Gasteiger charge is 2.13. The fraction of sp³-hybridized carbons (Fsp3) is 0.0741. The Morgan fingerprint density at radius 1 is 0.879 bits per heavy atom. The van der Waals surface area contributed by atoms with E-state index in [0.29, 0.717) is 22.6 Å². The maximum atomic E-state index is 12.7. The summed E-state index contributed by atoms with van der Waals surface area (Å²) in [5, 5.41) is 5.85. The highest BCUT2D eigenvalue weighted by Crippen LogP contribution is 2.27. The minimum Gasteiger partial charge on any atom is -0.484 e. The topological polar surface area (TPSA) is 77.0 Å². The number of carbonyl (C=O) groups is 2. The lowest BCUT2D eigenvalue weighted by atomic mass is 10.0. The van der Waals surface area contributed by atoms with E-state index in [4.69, 9.17) is 9.47 Å². The van der Waals surface area contributed by atoms with Crippen LogP contribution in [0.3, 0.4) is 0 Å². The molecule has 4 rings (SSSR count). The van der Waals surface area contributed by atoms with Gasteiger partial charge in [-0.2, -0.15) is 5.10 Å². The number of benzene rings is 4. The van der Waals surface area contributed by atoms with Gasteiger partial charge in [0.15, 0.2) is 6.61 Å². The van der Waals surface area contributed by atoms with Crippen LogP contribution in [0.4, 0.5) is 0 Å². The lowest BCUT2D eigenvalue weighted by Gasteiger charge is -2.11. The first-order valence-corrected chi connectivity index (χ1v) is 10.4. The van der Waals surface area contributed by atoms with Gasteiger partial charge in [-0.05, 0) is 48.0 Å². The molecule has 6 heteroatoms. The Labute approximate surface area is 191 Å². The van der Waals surface area contributed by atoms with Crippen LogP contribution in [-0.2, 0) is 4.79 Å². The molecule has 0 atom stereocenters. The number of fused-ring (bicyclic) bond motifs is 1. The Morgan fingerprint density at radius 2 is 1.61 bits per heavy atom. The summed E-state index contributed by atoms with van der Waals surface area (Å²) in [6, 6.07) is 27.4. The van der Waals surface area contributed by atoms with E-state index in [1.165, 1.54) is 6.21 Å². The Morgan fingerprint density at radius 3 is 2.39 bits per heavy atom. The van der Waals surface area contributed by atoms with E-state index in [1.807, 2.05) is 67.6 Å². The molecule has 33 heavy (non-hydrogen) atoms. The minimum absolute atomic E-state index is 0.174. The number of aryl methyl sites for hydroxylation is 1. The molecule has 0 unspecified atom stereocenters. The van der Waals surface area contributed by atoms with E-state index >= 15 is 0 Å². The Bertz CT molecular complexity index is 1300. The molecular formula is C27H22N2O4. The maximum Gasteiger partial charge on any atom is 0.343 e. The predicted molar refractivity (Wildman–Crippen MR) is 128 cm³/mol. The van der Waals surface area contributed by atoms with E-state index in [0.717, 1.165) is 16.3 Å². The summed E-state index contributed by atoms with van der Waals surface area (Å²) >= 11 is 0. The van der Waals surface area contributed by atoms with Crippen LogP contribution in [-0.4, -0.2) is 24.7 Å². The van der Waals surface area contributed by atoms with Crippen molar-refractivity contribution in [2.75, 3.05) is 6.61 Å². The van der Waals surface area contributed by atoms with Crippen molar-refractivity contribution in [3.8, 4) is 11.5 Å². The van der Waals surface area contributed by atoms with Gasteiger partial charge >= 0.3 is 5.97 Å². The first-order chi connectivity index (χ1) is 16.1. The molecule has 0 bridgehead atoms. The zero-order valence-corrected chi connectivity index (χ0v) is 18.0. The lowest BCUT2D eigenvalue weighted by molar-refractivity contribution is -0.123. The molecule has 0 saturated carbocycles. The number of rotatable bonds is 7. The quantitative estimate of drug-likeness (QED) is 0.193. The Hall–Kier alpha value is -4.45. The van der Waals surface area contributed by atoms with Gasteiger partial charge in [-0.15, -0.1) is 0 Å². The van der Waals surface area contributed by atoms with Crippen LogP contribution in [0.15, 0.2) is 96.1 Å². The summed E-state index contributed by atoms with van der Waals surface area (Å²) in [5.74, 6) is 0.0579. The summed E-state index contributed by atoms with van der Waals surface area (Å²) < 4.78 is 11.1. The fourth-order valence-corrected chi connectivity index (χ4v) is 3.21. The van der Waals surface area contributed by atoms with Crippen molar-refractivity contribution in [2.45, 2.75) is 6.92 Å². The van der Waals surface area contributed by atoms with Gasteiger partial charge in [0, 0.05) is 5.56 Å². The van der Waals surface area contributed by atoms with Crippen LogP contribution < -0.4 is 14.9 Å². The monoisotopic (exact) mass is 438 g/mol. The van der Waals surface area contributed by atoms with Gasteiger partial charge in [-0.25, -0.2) is 10.2 Å². The van der Waals surface area contributed by atoms with Crippen molar-refractivity contribution < 1.29 is 19.1 Å². The fourth-order valence-electron chi connectivity index (χ4n) is 3.21. The molecule has 0 fully saturated rings. The first-order valence-electron chi connectivity index (χ1n) is 10.4. The number of hydrogen-bond acceptors (Lipinski definition) is 5. The number of ether oxygens (including phenoxy) is 2. The number of hydrazone groups is 1. The molecular weight excluding hydrogens is 416 g/mol. The van der Waals surface area contributed by atoms with Crippen LogP contribution in [0.5, 0.6) is 11.5 Å². The van der Waals surface area contributed by atoms with Crippen molar-refractivity contribution in [2.24, 2.45) is 5.10 Å². The standard InChI is InChI=1S/C27H22N2O4/c1-19-11-13-21(14-12-19)27(31)33-25-16-15-20-7-5-6-10-23(20)24(25)17-28-29-26(30)18-32-22-8-3-2-4-9-22/h2-17H,18H2,1H3,(H,29,30)/b28-17+. The Balaban J connectivity index is 1.51. The van der Waals surface area contributed by atoms with E-state index in [1.54, 1.807) is 30.3 Å². The minimum atomic E-state index is -0.472. The second kappa shape index (κ2) is 10.2. The molecule has 0 spiro atoms. The molecule has 0 heterocycles. The number of carbonyl (C=O) groups excluding carboxylic acids is 2. The van der Waals surface area contributed by atoms with Crippen molar-refractivity contribution in [1.29, 1.82) is 0 Å². The van der Waals surface area contributed by atoms with Gasteiger partial charge in [-0.3, -0.25) is 4.79 Å². The van der Waals surface area contributed by atoms with Crippen molar-refractivity contribution >= 4 is 28.9 Å². The number of para-hydroxylation sites is 1. The Kier molecular flexibility index (Phi) is 6.75. The maximum absolute atomic E-state index is 12.7. The highest BCUT2D eigenvalue weighted by atomic mass is 16.5. The van der Waals surface area contributed by atoms with E-state index in [-0.39, 0.29) is 6.61 Å². The van der Waals surface area contributed by atoms with E-state index in [2.05, 4.69) is 10.5 Å². The summed E-state index contributed by atoms with van der Waals surface area (Å²) in [6.45, 7) is 1.78. The van der Waals surface area contributed by atoms with Crippen LogP contribution >= 0.6 is 0 Å². The van der Waals surface area contributed by atoms with Gasteiger partial charge in [0.1, 0.15) is 11.5 Å². The number of nitrogens with one attached hydrogen (secondary N) is 1. The molecule has 1 N–H and O–H groups in total.